The van der Waals surface area contributed by atoms with Crippen LogP contribution in [0.5, 0.6) is 0 Å². The molecule has 0 saturated heterocycles. The molecule has 0 fully saturated rings. The smallest absolute Gasteiger partial charge is 0.271 e. The molecular weight excluding hydrogens is 336 g/mol. The summed E-state index contributed by atoms with van der Waals surface area (Å²) >= 11 is 1.00. The molecule has 0 aliphatic rings. The molecule has 2 heterocycles. The number of aryl methyl sites for hydroxylation is 1. The monoisotopic (exact) mass is 349 g/mol. The minimum Gasteiger partial charge on any atom is -0.341 e. The maximum atomic E-state index is 13.8. The SMILES string of the molecule is CC(NC(=O)c1csc(-c2c(F)cccc2F)n1)c1nncn1C. The van der Waals surface area contributed by atoms with Gasteiger partial charge in [0.2, 0.25) is 0 Å². The standard InChI is InChI=1S/C15H13F2N5OS/c1-8(13-21-18-7-22(13)2)19-14(23)11-6-24-15(20-11)12-9(16)4-3-5-10(12)17/h3-8H,1-2H3,(H,19,23). The van der Waals surface area contributed by atoms with Gasteiger partial charge in [-0.1, -0.05) is 6.07 Å². The molecule has 1 aromatic carbocycles. The molecule has 124 valence electrons. The van der Waals surface area contributed by atoms with Crippen LogP contribution in [0.1, 0.15) is 29.3 Å². The maximum absolute atomic E-state index is 13.8. The van der Waals surface area contributed by atoms with E-state index >= 15 is 0 Å². The lowest BCUT2D eigenvalue weighted by atomic mass is 10.2. The summed E-state index contributed by atoms with van der Waals surface area (Å²) in [6.45, 7) is 1.76. The fourth-order valence-electron chi connectivity index (χ4n) is 2.21. The van der Waals surface area contributed by atoms with E-state index in [2.05, 4.69) is 20.5 Å². The Labute approximate surface area is 140 Å². The summed E-state index contributed by atoms with van der Waals surface area (Å²) in [6, 6.07) is 3.18. The van der Waals surface area contributed by atoms with E-state index in [0.29, 0.717) is 5.82 Å². The van der Waals surface area contributed by atoms with Crippen LogP contribution in [0.4, 0.5) is 8.78 Å². The van der Waals surface area contributed by atoms with Crippen molar-refractivity contribution < 1.29 is 13.6 Å². The van der Waals surface area contributed by atoms with Crippen molar-refractivity contribution in [1.29, 1.82) is 0 Å². The van der Waals surface area contributed by atoms with Crippen LogP contribution in [0.25, 0.3) is 10.6 Å². The van der Waals surface area contributed by atoms with Gasteiger partial charge in [-0.25, -0.2) is 13.8 Å². The number of hydrogen-bond donors (Lipinski definition) is 1. The first-order chi connectivity index (χ1) is 11.5. The Morgan fingerprint density at radius 1 is 1.33 bits per heavy atom. The highest BCUT2D eigenvalue weighted by molar-refractivity contribution is 7.13. The third kappa shape index (κ3) is 3.02. The van der Waals surface area contributed by atoms with E-state index in [1.807, 2.05) is 0 Å². The third-order valence-corrected chi connectivity index (χ3v) is 4.25. The Morgan fingerprint density at radius 3 is 2.67 bits per heavy atom. The lowest BCUT2D eigenvalue weighted by molar-refractivity contribution is 0.0933. The number of benzene rings is 1. The Bertz CT molecular complexity index is 871. The van der Waals surface area contributed by atoms with E-state index < -0.39 is 17.5 Å². The topological polar surface area (TPSA) is 72.7 Å². The lowest BCUT2D eigenvalue weighted by Gasteiger charge is -2.11. The fraction of sp³-hybridized carbons (Fsp3) is 0.200. The van der Waals surface area contributed by atoms with Gasteiger partial charge in [-0.3, -0.25) is 4.79 Å². The molecule has 0 radical (unpaired) electrons. The first kappa shape index (κ1) is 16.2. The van der Waals surface area contributed by atoms with Crippen LogP contribution in [-0.2, 0) is 7.05 Å². The molecule has 1 amide bonds. The van der Waals surface area contributed by atoms with Crippen LogP contribution in [0, 0.1) is 11.6 Å². The number of thiazole rings is 1. The lowest BCUT2D eigenvalue weighted by Crippen LogP contribution is -2.28. The molecule has 6 nitrogen and oxygen atoms in total. The minimum atomic E-state index is -0.719. The summed E-state index contributed by atoms with van der Waals surface area (Å²) < 4.78 is 29.3. The molecule has 0 saturated carbocycles. The number of nitrogens with zero attached hydrogens (tertiary/aromatic N) is 4. The van der Waals surface area contributed by atoms with Gasteiger partial charge in [0, 0.05) is 12.4 Å². The Balaban J connectivity index is 1.81. The Hall–Kier alpha value is -2.68. The zero-order chi connectivity index (χ0) is 17.3. The van der Waals surface area contributed by atoms with Crippen molar-refractivity contribution in [2.24, 2.45) is 7.05 Å². The van der Waals surface area contributed by atoms with E-state index in [1.165, 1.54) is 17.8 Å². The zero-order valence-corrected chi connectivity index (χ0v) is 13.6. The van der Waals surface area contributed by atoms with Gasteiger partial charge in [-0.2, -0.15) is 0 Å². The summed E-state index contributed by atoms with van der Waals surface area (Å²) in [6.07, 6.45) is 1.53. The predicted molar refractivity (Wildman–Crippen MR) is 84.4 cm³/mol. The minimum absolute atomic E-state index is 0.0895. The van der Waals surface area contributed by atoms with Crippen LogP contribution < -0.4 is 5.32 Å². The molecule has 0 aliphatic carbocycles. The van der Waals surface area contributed by atoms with Gasteiger partial charge in [0.15, 0.2) is 5.82 Å². The van der Waals surface area contributed by atoms with Crippen LogP contribution in [0.15, 0.2) is 29.9 Å². The summed E-state index contributed by atoms with van der Waals surface area (Å²) in [5, 5.41) is 12.0. The van der Waals surface area contributed by atoms with Crippen LogP contribution >= 0.6 is 11.3 Å². The number of rotatable bonds is 4. The number of nitrogens with one attached hydrogen (secondary N) is 1. The number of amides is 1. The highest BCUT2D eigenvalue weighted by atomic mass is 32.1. The van der Waals surface area contributed by atoms with E-state index in [9.17, 15) is 13.6 Å². The second kappa shape index (κ2) is 6.44. The van der Waals surface area contributed by atoms with Crippen LogP contribution in [-0.4, -0.2) is 25.7 Å². The van der Waals surface area contributed by atoms with Crippen molar-refractivity contribution >= 4 is 17.2 Å². The largest absolute Gasteiger partial charge is 0.341 e. The van der Waals surface area contributed by atoms with Gasteiger partial charge in [0.25, 0.3) is 5.91 Å². The van der Waals surface area contributed by atoms with Crippen molar-refractivity contribution in [2.75, 3.05) is 0 Å². The number of aromatic nitrogens is 4. The molecule has 1 atom stereocenters. The molecule has 0 aliphatic heterocycles. The van der Waals surface area contributed by atoms with E-state index in [4.69, 9.17) is 0 Å². The Kier molecular flexibility index (Phi) is 4.34. The van der Waals surface area contributed by atoms with Gasteiger partial charge in [0.1, 0.15) is 28.7 Å². The fourth-order valence-corrected chi connectivity index (χ4v) is 3.06. The second-order valence-electron chi connectivity index (χ2n) is 5.13. The average Bonchev–Trinajstić information content (AvgIpc) is 3.16. The highest BCUT2D eigenvalue weighted by Crippen LogP contribution is 2.29. The van der Waals surface area contributed by atoms with Crippen LogP contribution in [0.3, 0.4) is 0 Å². The van der Waals surface area contributed by atoms with Gasteiger partial charge in [-0.15, -0.1) is 21.5 Å². The highest BCUT2D eigenvalue weighted by Gasteiger charge is 2.20. The number of carbonyl (C=O) groups is 1. The van der Waals surface area contributed by atoms with Crippen molar-refractivity contribution in [1.82, 2.24) is 25.1 Å². The summed E-state index contributed by atoms with van der Waals surface area (Å²) in [7, 11) is 1.76. The van der Waals surface area contributed by atoms with Gasteiger partial charge >= 0.3 is 0 Å². The second-order valence-corrected chi connectivity index (χ2v) is 5.99. The number of hydrogen-bond acceptors (Lipinski definition) is 5. The predicted octanol–water partition coefficient (Wildman–Crippen LogP) is 2.71. The number of carbonyl (C=O) groups excluding carboxylic acids is 1. The maximum Gasteiger partial charge on any atom is 0.271 e. The van der Waals surface area contributed by atoms with E-state index in [0.717, 1.165) is 23.5 Å². The summed E-state index contributed by atoms with van der Waals surface area (Å²) in [5.41, 5.74) is -0.144. The van der Waals surface area contributed by atoms with Gasteiger partial charge in [-0.05, 0) is 19.1 Å². The normalized spacial score (nSPS) is 12.2. The molecule has 1 unspecified atom stereocenters. The average molecular weight is 349 g/mol. The van der Waals surface area contributed by atoms with E-state index in [1.54, 1.807) is 18.5 Å². The summed E-state index contributed by atoms with van der Waals surface area (Å²) in [5.74, 6) is -1.31. The zero-order valence-electron chi connectivity index (χ0n) is 12.8. The van der Waals surface area contributed by atoms with Crippen LogP contribution in [0.2, 0.25) is 0 Å². The quantitative estimate of drug-likeness (QED) is 0.786. The molecular formula is C15H13F2N5OS. The summed E-state index contributed by atoms with van der Waals surface area (Å²) in [4.78, 5) is 16.3. The molecule has 0 spiro atoms. The molecule has 0 bridgehead atoms. The molecule has 9 heteroatoms. The van der Waals surface area contributed by atoms with Gasteiger partial charge in [0.05, 0.1) is 11.6 Å². The van der Waals surface area contributed by atoms with Crippen molar-refractivity contribution in [3.8, 4) is 10.6 Å². The van der Waals surface area contributed by atoms with Gasteiger partial charge < -0.3 is 9.88 Å². The molecule has 3 rings (SSSR count). The van der Waals surface area contributed by atoms with Crippen molar-refractivity contribution in [3.05, 3.63) is 53.1 Å². The third-order valence-electron chi connectivity index (χ3n) is 3.39. The molecule has 2 aromatic heterocycles. The number of halogens is 2. The van der Waals surface area contributed by atoms with Crippen molar-refractivity contribution in [2.45, 2.75) is 13.0 Å². The van der Waals surface area contributed by atoms with E-state index in [-0.39, 0.29) is 22.3 Å². The molecule has 24 heavy (non-hydrogen) atoms. The molecule has 1 N–H and O–H groups in total. The first-order valence-corrected chi connectivity index (χ1v) is 7.90. The van der Waals surface area contributed by atoms with Crippen molar-refractivity contribution in [3.63, 3.8) is 0 Å². The first-order valence-electron chi connectivity index (χ1n) is 7.02. The Morgan fingerprint density at radius 2 is 2.04 bits per heavy atom. The molecule has 3 aromatic rings.